The molecule has 4 rings (SSSR count). The number of H-pyrrole nitrogens is 1. The zero-order valence-corrected chi connectivity index (χ0v) is 21.1. The van der Waals surface area contributed by atoms with Gasteiger partial charge in [0.1, 0.15) is 11.1 Å². The molecule has 0 aliphatic rings. The fourth-order valence-electron chi connectivity index (χ4n) is 4.06. The van der Waals surface area contributed by atoms with E-state index in [4.69, 9.17) is 14.2 Å². The first-order valence-corrected chi connectivity index (χ1v) is 11.0. The Morgan fingerprint density at radius 1 is 0.895 bits per heavy atom. The van der Waals surface area contributed by atoms with Gasteiger partial charge in [0, 0.05) is 6.07 Å². The van der Waals surface area contributed by atoms with Gasteiger partial charge in [0.25, 0.3) is 5.56 Å². The number of aryl methyl sites for hydroxylation is 3. The lowest BCUT2D eigenvalue weighted by Crippen LogP contribution is -2.29. The number of rotatable bonds is 6. The highest BCUT2D eigenvalue weighted by Crippen LogP contribution is 2.44. The number of halogens is 3. The van der Waals surface area contributed by atoms with E-state index >= 15 is 0 Å². The SMILES string of the molecule is COc1cc2nc(Nc3nc4c(C)cc(C)c(OC(=O)C(F)(F)F)c4c(=O)[nH]3)nc(C)c2c(OC)c1OC. The minimum atomic E-state index is -5.24. The van der Waals surface area contributed by atoms with Gasteiger partial charge < -0.3 is 18.9 Å². The number of hydrogen-bond acceptors (Lipinski definition) is 10. The third-order valence-corrected chi connectivity index (χ3v) is 5.64. The maximum absolute atomic E-state index is 13.0. The Morgan fingerprint density at radius 3 is 2.18 bits per heavy atom. The Bertz CT molecular complexity index is 1650. The van der Waals surface area contributed by atoms with Crippen molar-refractivity contribution in [2.45, 2.75) is 26.9 Å². The van der Waals surface area contributed by atoms with E-state index in [1.807, 2.05) is 0 Å². The summed E-state index contributed by atoms with van der Waals surface area (Å²) in [7, 11) is 4.40. The molecule has 0 saturated heterocycles. The second kappa shape index (κ2) is 9.68. The topological polar surface area (TPSA) is 138 Å². The molecule has 0 saturated carbocycles. The van der Waals surface area contributed by atoms with Gasteiger partial charge in [-0.25, -0.2) is 19.7 Å². The van der Waals surface area contributed by atoms with Crippen molar-refractivity contribution in [3.8, 4) is 23.0 Å². The molecule has 0 fully saturated rings. The molecule has 4 aromatic rings. The van der Waals surface area contributed by atoms with Gasteiger partial charge in [0.15, 0.2) is 11.5 Å². The van der Waals surface area contributed by atoms with Crippen LogP contribution in [0.2, 0.25) is 0 Å². The third kappa shape index (κ3) is 4.60. The number of nitrogens with zero attached hydrogens (tertiary/aromatic N) is 3. The molecule has 11 nitrogen and oxygen atoms in total. The lowest BCUT2D eigenvalue weighted by molar-refractivity contribution is -0.189. The van der Waals surface area contributed by atoms with Crippen molar-refractivity contribution < 1.29 is 36.9 Å². The summed E-state index contributed by atoms with van der Waals surface area (Å²) in [5, 5.41) is 3.07. The van der Waals surface area contributed by atoms with Crippen LogP contribution in [-0.4, -0.2) is 53.4 Å². The van der Waals surface area contributed by atoms with E-state index < -0.39 is 23.5 Å². The maximum Gasteiger partial charge on any atom is 0.491 e. The number of carbonyl (C=O) groups excluding carboxylic acids is 1. The number of alkyl halides is 3. The Balaban J connectivity index is 1.83. The summed E-state index contributed by atoms with van der Waals surface area (Å²) in [6.45, 7) is 4.75. The molecule has 2 aromatic heterocycles. The third-order valence-electron chi connectivity index (χ3n) is 5.64. The first-order chi connectivity index (χ1) is 17.9. The smallest absolute Gasteiger partial charge is 0.491 e. The number of benzene rings is 2. The molecule has 0 unspecified atom stereocenters. The number of fused-ring (bicyclic) bond motifs is 2. The lowest BCUT2D eigenvalue weighted by Gasteiger charge is -2.16. The Labute approximate surface area is 212 Å². The molecule has 2 N–H and O–H groups in total. The van der Waals surface area contributed by atoms with Gasteiger partial charge in [-0.3, -0.25) is 15.1 Å². The molecule has 38 heavy (non-hydrogen) atoms. The summed E-state index contributed by atoms with van der Waals surface area (Å²) in [5.41, 5.74) is 0.762. The van der Waals surface area contributed by atoms with Gasteiger partial charge in [-0.15, -0.1) is 0 Å². The van der Waals surface area contributed by atoms with Crippen molar-refractivity contribution in [3.63, 3.8) is 0 Å². The Kier molecular flexibility index (Phi) is 6.74. The fourth-order valence-corrected chi connectivity index (χ4v) is 4.06. The number of nitrogens with one attached hydrogen (secondary N) is 2. The largest absolute Gasteiger partial charge is 0.493 e. The van der Waals surface area contributed by atoms with Gasteiger partial charge in [0.05, 0.1) is 43.4 Å². The summed E-state index contributed by atoms with van der Waals surface area (Å²) < 4.78 is 59.3. The average Bonchev–Trinajstić information content (AvgIpc) is 2.84. The summed E-state index contributed by atoms with van der Waals surface area (Å²) in [4.78, 5) is 40.1. The number of esters is 1. The summed E-state index contributed by atoms with van der Waals surface area (Å²) in [5.74, 6) is -1.91. The highest BCUT2D eigenvalue weighted by molar-refractivity contribution is 5.94. The van der Waals surface area contributed by atoms with E-state index in [1.54, 1.807) is 19.9 Å². The Hall–Kier alpha value is -4.62. The van der Waals surface area contributed by atoms with Crippen molar-refractivity contribution in [3.05, 3.63) is 39.3 Å². The molecule has 0 bridgehead atoms. The average molecular weight is 533 g/mol. The molecular weight excluding hydrogens is 511 g/mol. The number of methoxy groups -OCH3 is 3. The molecule has 0 radical (unpaired) electrons. The zero-order chi connectivity index (χ0) is 27.9. The zero-order valence-electron chi connectivity index (χ0n) is 21.1. The van der Waals surface area contributed by atoms with Crippen LogP contribution < -0.4 is 29.8 Å². The van der Waals surface area contributed by atoms with Crippen molar-refractivity contribution in [2.24, 2.45) is 0 Å². The van der Waals surface area contributed by atoms with Crippen molar-refractivity contribution in [1.29, 1.82) is 0 Å². The highest BCUT2D eigenvalue weighted by Gasteiger charge is 2.42. The fraction of sp³-hybridized carbons (Fsp3) is 0.292. The second-order valence-corrected chi connectivity index (χ2v) is 8.16. The quantitative estimate of drug-likeness (QED) is 0.276. The number of aromatic nitrogens is 4. The molecule has 0 amide bonds. The molecule has 200 valence electrons. The molecule has 0 aliphatic heterocycles. The van der Waals surface area contributed by atoms with Crippen LogP contribution in [0.1, 0.15) is 16.8 Å². The second-order valence-electron chi connectivity index (χ2n) is 8.16. The van der Waals surface area contributed by atoms with Crippen molar-refractivity contribution in [1.82, 2.24) is 19.9 Å². The number of aromatic amines is 1. The summed E-state index contributed by atoms with van der Waals surface area (Å²) >= 11 is 0. The predicted octanol–water partition coefficient (Wildman–Crippen LogP) is 4.03. The first-order valence-electron chi connectivity index (χ1n) is 11.0. The van der Waals surface area contributed by atoms with E-state index in [9.17, 15) is 22.8 Å². The van der Waals surface area contributed by atoms with Gasteiger partial charge in [-0.1, -0.05) is 6.07 Å². The molecular formula is C24H22F3N5O6. The van der Waals surface area contributed by atoms with Crippen molar-refractivity contribution >= 4 is 39.7 Å². The van der Waals surface area contributed by atoms with E-state index in [-0.39, 0.29) is 28.4 Å². The van der Waals surface area contributed by atoms with Crippen LogP contribution in [0.4, 0.5) is 25.1 Å². The maximum atomic E-state index is 13.0. The van der Waals surface area contributed by atoms with E-state index in [1.165, 1.54) is 34.3 Å². The number of hydrogen-bond donors (Lipinski definition) is 2. The van der Waals surface area contributed by atoms with Crippen LogP contribution in [0.3, 0.4) is 0 Å². The minimum absolute atomic E-state index is 0.0254. The van der Waals surface area contributed by atoms with Gasteiger partial charge in [-0.05, 0) is 31.9 Å². The molecule has 2 heterocycles. The number of ether oxygens (including phenoxy) is 4. The number of carbonyl (C=O) groups is 1. The van der Waals surface area contributed by atoms with Crippen LogP contribution in [0.5, 0.6) is 23.0 Å². The lowest BCUT2D eigenvalue weighted by atomic mass is 10.1. The normalized spacial score (nSPS) is 11.5. The molecule has 14 heteroatoms. The van der Waals surface area contributed by atoms with Gasteiger partial charge >= 0.3 is 12.1 Å². The number of anilines is 2. The molecule has 0 spiro atoms. The molecule has 2 aromatic carbocycles. The van der Waals surface area contributed by atoms with Crippen molar-refractivity contribution in [2.75, 3.05) is 26.6 Å². The highest BCUT2D eigenvalue weighted by atomic mass is 19.4. The van der Waals surface area contributed by atoms with Gasteiger partial charge in [0.2, 0.25) is 17.6 Å². The van der Waals surface area contributed by atoms with Gasteiger partial charge in [-0.2, -0.15) is 13.2 Å². The van der Waals surface area contributed by atoms with Crippen LogP contribution in [0, 0.1) is 20.8 Å². The predicted molar refractivity (Wildman–Crippen MR) is 131 cm³/mol. The van der Waals surface area contributed by atoms with E-state index in [2.05, 4.69) is 30.0 Å². The van der Waals surface area contributed by atoms with E-state index in [0.717, 1.165) is 0 Å². The molecule has 0 aliphatic carbocycles. The van der Waals surface area contributed by atoms with E-state index in [0.29, 0.717) is 39.4 Å². The summed E-state index contributed by atoms with van der Waals surface area (Å²) in [6, 6.07) is 3.08. The van der Waals surface area contributed by atoms with Crippen LogP contribution in [0.15, 0.2) is 16.9 Å². The minimum Gasteiger partial charge on any atom is -0.493 e. The first kappa shape index (κ1) is 26.4. The standard InChI is InChI=1S/C24H22F3N5O6/c1-9-7-10(2)17(38-21(34)24(25,26)27)15-16(9)30-23(31-20(15)33)32-22-28-11(3)14-12(29-22)8-13(35-4)18(36-5)19(14)37-6/h7-8H,1-6H3,(H2,28,29,30,31,32,33). The molecule has 0 atom stereocenters. The van der Waals surface area contributed by atoms with Crippen LogP contribution >= 0.6 is 0 Å². The monoisotopic (exact) mass is 533 g/mol. The Morgan fingerprint density at radius 2 is 1.58 bits per heavy atom. The summed E-state index contributed by atoms with van der Waals surface area (Å²) in [6.07, 6.45) is -5.24. The van der Waals surface area contributed by atoms with Crippen LogP contribution in [0.25, 0.3) is 21.8 Å². The van der Waals surface area contributed by atoms with Crippen LogP contribution in [-0.2, 0) is 4.79 Å².